The molecule has 0 heterocycles. The maximum atomic E-state index is 9.66. The lowest BCUT2D eigenvalue weighted by Gasteiger charge is -2.13. The number of ether oxygens (including phenoxy) is 1. The normalized spacial score (nSPS) is 12.4. The Bertz CT molecular complexity index is 360. The zero-order chi connectivity index (χ0) is 13.4. The molecule has 3 N–H and O–H groups in total. The van der Waals surface area contributed by atoms with E-state index in [9.17, 15) is 5.11 Å². The fourth-order valence-electron chi connectivity index (χ4n) is 1.43. The van der Waals surface area contributed by atoms with Crippen LogP contribution in [0.1, 0.15) is 12.0 Å². The van der Waals surface area contributed by atoms with Crippen molar-refractivity contribution in [2.45, 2.75) is 19.4 Å². The second-order valence-electron chi connectivity index (χ2n) is 4.16. The number of aryl methyl sites for hydroxylation is 1. The molecule has 0 saturated carbocycles. The van der Waals surface area contributed by atoms with Crippen LogP contribution in [0.25, 0.3) is 0 Å². The number of halogens is 1. The number of benzene rings is 1. The molecule has 0 spiro atoms. The first kappa shape index (κ1) is 15.2. The van der Waals surface area contributed by atoms with Gasteiger partial charge in [-0.1, -0.05) is 11.6 Å². The van der Waals surface area contributed by atoms with Gasteiger partial charge in [-0.2, -0.15) is 0 Å². The number of rotatable bonds is 8. The first-order chi connectivity index (χ1) is 8.63. The van der Waals surface area contributed by atoms with Crippen molar-refractivity contribution in [2.24, 2.45) is 0 Å². The first-order valence-electron chi connectivity index (χ1n) is 6.02. The van der Waals surface area contributed by atoms with E-state index >= 15 is 0 Å². The van der Waals surface area contributed by atoms with Crippen molar-refractivity contribution in [1.29, 1.82) is 0 Å². The first-order valence-corrected chi connectivity index (χ1v) is 6.40. The average molecular weight is 274 g/mol. The Balaban J connectivity index is 2.24. The maximum absolute atomic E-state index is 9.66. The largest absolute Gasteiger partial charge is 0.491 e. The van der Waals surface area contributed by atoms with Gasteiger partial charge in [0.05, 0.1) is 0 Å². The summed E-state index contributed by atoms with van der Waals surface area (Å²) in [6.45, 7) is 3.43. The highest BCUT2D eigenvalue weighted by Gasteiger charge is 2.05. The molecule has 102 valence electrons. The van der Waals surface area contributed by atoms with Crippen molar-refractivity contribution in [1.82, 2.24) is 5.32 Å². The fourth-order valence-corrected chi connectivity index (χ4v) is 1.55. The predicted octanol–water partition coefficient (Wildman–Crippen LogP) is 1.36. The van der Waals surface area contributed by atoms with Gasteiger partial charge in [0.2, 0.25) is 0 Å². The second kappa shape index (κ2) is 8.32. The van der Waals surface area contributed by atoms with E-state index in [2.05, 4.69) is 5.32 Å². The highest BCUT2D eigenvalue weighted by atomic mass is 35.5. The molecule has 1 aromatic rings. The van der Waals surface area contributed by atoms with Crippen LogP contribution in [0.3, 0.4) is 0 Å². The molecule has 0 aliphatic rings. The van der Waals surface area contributed by atoms with E-state index in [4.69, 9.17) is 21.4 Å². The molecular weight excluding hydrogens is 254 g/mol. The maximum Gasteiger partial charge on any atom is 0.119 e. The summed E-state index contributed by atoms with van der Waals surface area (Å²) in [5.74, 6) is 0.700. The topological polar surface area (TPSA) is 61.7 Å². The van der Waals surface area contributed by atoms with Crippen molar-refractivity contribution in [3.05, 3.63) is 28.8 Å². The van der Waals surface area contributed by atoms with Gasteiger partial charge in [0.1, 0.15) is 18.5 Å². The summed E-state index contributed by atoms with van der Waals surface area (Å²) in [6.07, 6.45) is 0.115. The Hall–Kier alpha value is -0.810. The van der Waals surface area contributed by atoms with E-state index in [1.807, 2.05) is 13.0 Å². The molecule has 0 amide bonds. The van der Waals surface area contributed by atoms with Crippen molar-refractivity contribution < 1.29 is 14.9 Å². The zero-order valence-corrected chi connectivity index (χ0v) is 11.3. The number of hydrogen-bond acceptors (Lipinski definition) is 4. The van der Waals surface area contributed by atoms with Gasteiger partial charge in [0.15, 0.2) is 0 Å². The van der Waals surface area contributed by atoms with Gasteiger partial charge in [-0.3, -0.25) is 0 Å². The van der Waals surface area contributed by atoms with Gasteiger partial charge in [-0.05, 0) is 43.7 Å². The van der Waals surface area contributed by atoms with Gasteiger partial charge in [0.25, 0.3) is 0 Å². The van der Waals surface area contributed by atoms with Crippen LogP contribution in [0.4, 0.5) is 0 Å². The molecule has 0 bridgehead atoms. The summed E-state index contributed by atoms with van der Waals surface area (Å²) >= 11 is 5.91. The van der Waals surface area contributed by atoms with Gasteiger partial charge < -0.3 is 20.3 Å². The third-order valence-corrected chi connectivity index (χ3v) is 2.89. The van der Waals surface area contributed by atoms with E-state index < -0.39 is 6.10 Å². The smallest absolute Gasteiger partial charge is 0.119 e. The van der Waals surface area contributed by atoms with Crippen LogP contribution in [0.15, 0.2) is 18.2 Å². The van der Waals surface area contributed by atoms with Gasteiger partial charge in [-0.25, -0.2) is 0 Å². The van der Waals surface area contributed by atoms with Crippen LogP contribution in [0, 0.1) is 6.92 Å². The zero-order valence-electron chi connectivity index (χ0n) is 10.5. The number of nitrogens with one attached hydrogen (secondary N) is 1. The van der Waals surface area contributed by atoms with Crippen LogP contribution >= 0.6 is 11.6 Å². The standard InChI is InChI=1S/C13H20ClNO3/c1-10-7-12(3-4-13(10)14)18-9-11(17)8-15-5-2-6-16/h3-4,7,11,15-17H,2,5-6,8-9H2,1H3. The van der Waals surface area contributed by atoms with Crippen molar-refractivity contribution in [3.63, 3.8) is 0 Å². The number of aliphatic hydroxyl groups is 2. The SMILES string of the molecule is Cc1cc(OCC(O)CNCCCO)ccc1Cl. The molecule has 0 aromatic heterocycles. The lowest BCUT2D eigenvalue weighted by Crippen LogP contribution is -2.32. The quantitative estimate of drug-likeness (QED) is 0.626. The molecule has 0 aliphatic heterocycles. The molecule has 0 saturated heterocycles. The summed E-state index contributed by atoms with van der Waals surface area (Å²) in [5, 5.41) is 22.0. The van der Waals surface area contributed by atoms with Gasteiger partial charge >= 0.3 is 0 Å². The summed E-state index contributed by atoms with van der Waals surface area (Å²) in [6, 6.07) is 5.40. The average Bonchev–Trinajstić information content (AvgIpc) is 2.36. The van der Waals surface area contributed by atoms with Crippen LogP contribution in [-0.2, 0) is 0 Å². The lowest BCUT2D eigenvalue weighted by molar-refractivity contribution is 0.106. The Kier molecular flexibility index (Phi) is 7.05. The third kappa shape index (κ3) is 5.69. The Labute approximate surface area is 113 Å². The summed E-state index contributed by atoms with van der Waals surface area (Å²) in [5.41, 5.74) is 0.949. The van der Waals surface area contributed by atoms with Crippen molar-refractivity contribution in [3.8, 4) is 5.75 Å². The number of hydrogen-bond donors (Lipinski definition) is 3. The van der Waals surface area contributed by atoms with E-state index in [-0.39, 0.29) is 13.2 Å². The molecule has 1 rings (SSSR count). The Morgan fingerprint density at radius 1 is 1.44 bits per heavy atom. The third-order valence-electron chi connectivity index (χ3n) is 2.46. The molecule has 1 aromatic carbocycles. The molecular formula is C13H20ClNO3. The minimum atomic E-state index is -0.570. The van der Waals surface area contributed by atoms with Crippen molar-refractivity contribution in [2.75, 3.05) is 26.3 Å². The monoisotopic (exact) mass is 273 g/mol. The summed E-state index contributed by atoms with van der Waals surface area (Å²) in [7, 11) is 0. The van der Waals surface area contributed by atoms with E-state index in [1.165, 1.54) is 0 Å². The minimum absolute atomic E-state index is 0.156. The Morgan fingerprint density at radius 2 is 2.22 bits per heavy atom. The van der Waals surface area contributed by atoms with Crippen LogP contribution in [-0.4, -0.2) is 42.6 Å². The van der Waals surface area contributed by atoms with Crippen LogP contribution < -0.4 is 10.1 Å². The van der Waals surface area contributed by atoms with Gasteiger partial charge in [0, 0.05) is 18.2 Å². The summed E-state index contributed by atoms with van der Waals surface area (Å²) in [4.78, 5) is 0. The molecule has 18 heavy (non-hydrogen) atoms. The van der Waals surface area contributed by atoms with Crippen LogP contribution in [0.2, 0.25) is 5.02 Å². The molecule has 4 nitrogen and oxygen atoms in total. The molecule has 0 fully saturated rings. The summed E-state index contributed by atoms with van der Waals surface area (Å²) < 4.78 is 5.46. The molecule has 0 aliphatic carbocycles. The predicted molar refractivity (Wildman–Crippen MR) is 72.3 cm³/mol. The fraction of sp³-hybridized carbons (Fsp3) is 0.538. The second-order valence-corrected chi connectivity index (χ2v) is 4.56. The van der Waals surface area contributed by atoms with E-state index in [0.717, 1.165) is 5.56 Å². The molecule has 0 radical (unpaired) electrons. The Morgan fingerprint density at radius 3 is 2.89 bits per heavy atom. The highest BCUT2D eigenvalue weighted by Crippen LogP contribution is 2.20. The highest BCUT2D eigenvalue weighted by molar-refractivity contribution is 6.31. The van der Waals surface area contributed by atoms with E-state index in [0.29, 0.717) is 30.3 Å². The molecule has 5 heteroatoms. The van der Waals surface area contributed by atoms with Gasteiger partial charge in [-0.15, -0.1) is 0 Å². The lowest BCUT2D eigenvalue weighted by atomic mass is 10.2. The minimum Gasteiger partial charge on any atom is -0.491 e. The van der Waals surface area contributed by atoms with E-state index in [1.54, 1.807) is 12.1 Å². The number of aliphatic hydroxyl groups excluding tert-OH is 2. The molecule has 1 atom stereocenters. The molecule has 1 unspecified atom stereocenters. The van der Waals surface area contributed by atoms with Crippen molar-refractivity contribution >= 4 is 11.6 Å². The van der Waals surface area contributed by atoms with Crippen LogP contribution in [0.5, 0.6) is 5.75 Å².